The standard InChI is InChI=1S/C8H13IN2O2/c9-13-8(12)10-7-5-11-3-1-6(7)2-4-11/h6-7H,1-5H2,(H,10,12). The third-order valence-corrected chi connectivity index (χ3v) is 3.43. The van der Waals surface area contributed by atoms with Crippen molar-refractivity contribution in [1.82, 2.24) is 10.2 Å². The minimum atomic E-state index is -0.306. The first kappa shape index (κ1) is 9.51. The van der Waals surface area contributed by atoms with Gasteiger partial charge < -0.3 is 13.3 Å². The fourth-order valence-electron chi connectivity index (χ4n) is 2.30. The number of carbonyl (C=O) groups excluding carboxylic acids is 1. The van der Waals surface area contributed by atoms with Gasteiger partial charge in [0.25, 0.3) is 0 Å². The van der Waals surface area contributed by atoms with Gasteiger partial charge in [0.15, 0.2) is 23.0 Å². The van der Waals surface area contributed by atoms with Crippen LogP contribution in [-0.4, -0.2) is 36.7 Å². The summed E-state index contributed by atoms with van der Waals surface area (Å²) < 4.78 is 4.56. The first-order chi connectivity index (χ1) is 6.29. The molecule has 1 atom stereocenters. The number of carbonyl (C=O) groups is 1. The summed E-state index contributed by atoms with van der Waals surface area (Å²) in [5, 5.41) is 2.89. The van der Waals surface area contributed by atoms with Gasteiger partial charge in [0.05, 0.1) is 0 Å². The first-order valence-electron chi connectivity index (χ1n) is 4.61. The topological polar surface area (TPSA) is 41.6 Å². The van der Waals surface area contributed by atoms with E-state index >= 15 is 0 Å². The van der Waals surface area contributed by atoms with Crippen LogP contribution in [0.25, 0.3) is 0 Å². The van der Waals surface area contributed by atoms with Crippen molar-refractivity contribution in [3.63, 3.8) is 0 Å². The zero-order valence-electron chi connectivity index (χ0n) is 7.33. The van der Waals surface area contributed by atoms with E-state index in [1.54, 1.807) is 23.0 Å². The van der Waals surface area contributed by atoms with Gasteiger partial charge in [-0.3, -0.25) is 0 Å². The Kier molecular flexibility index (Phi) is 2.92. The lowest BCUT2D eigenvalue weighted by atomic mass is 9.84. The highest BCUT2D eigenvalue weighted by atomic mass is 127. The van der Waals surface area contributed by atoms with E-state index < -0.39 is 0 Å². The molecule has 0 aliphatic carbocycles. The maximum atomic E-state index is 11.0. The van der Waals surface area contributed by atoms with Crippen LogP contribution in [0.1, 0.15) is 12.8 Å². The third-order valence-electron chi connectivity index (χ3n) is 3.03. The van der Waals surface area contributed by atoms with Crippen LogP contribution in [0.15, 0.2) is 0 Å². The molecular formula is C8H13IN2O2. The fourth-order valence-corrected chi connectivity index (χ4v) is 2.43. The molecule has 13 heavy (non-hydrogen) atoms. The summed E-state index contributed by atoms with van der Waals surface area (Å²) in [6.07, 6.45) is 2.12. The summed E-state index contributed by atoms with van der Waals surface area (Å²) in [6, 6.07) is 0.310. The van der Waals surface area contributed by atoms with Crippen molar-refractivity contribution in [2.75, 3.05) is 19.6 Å². The Morgan fingerprint density at radius 2 is 2.15 bits per heavy atom. The Hall–Kier alpha value is -0.0400. The Labute approximate surface area is 91.7 Å². The maximum absolute atomic E-state index is 11.0. The summed E-state index contributed by atoms with van der Waals surface area (Å²) in [5.41, 5.74) is 0. The van der Waals surface area contributed by atoms with Crippen LogP contribution >= 0.6 is 23.0 Å². The lowest BCUT2D eigenvalue weighted by molar-refractivity contribution is 0.0739. The number of fused-ring (bicyclic) bond motifs is 3. The SMILES string of the molecule is O=C(NC1CN2CCC1CC2)OI. The molecular weight excluding hydrogens is 283 g/mol. The van der Waals surface area contributed by atoms with Gasteiger partial charge in [-0.05, 0) is 31.8 Å². The third kappa shape index (κ3) is 2.07. The largest absolute Gasteiger partial charge is 0.416 e. The summed E-state index contributed by atoms with van der Waals surface area (Å²) >= 11 is 1.61. The molecule has 3 aliphatic rings. The lowest BCUT2D eigenvalue weighted by Crippen LogP contribution is -2.57. The summed E-state index contributed by atoms with van der Waals surface area (Å²) in [7, 11) is 0. The van der Waals surface area contributed by atoms with E-state index in [4.69, 9.17) is 0 Å². The molecule has 4 nitrogen and oxygen atoms in total. The molecule has 1 unspecified atom stereocenters. The van der Waals surface area contributed by atoms with Crippen molar-refractivity contribution in [2.24, 2.45) is 5.92 Å². The van der Waals surface area contributed by atoms with E-state index in [2.05, 4.69) is 13.3 Å². The van der Waals surface area contributed by atoms with Gasteiger partial charge in [-0.15, -0.1) is 0 Å². The minimum absolute atomic E-state index is 0.306. The number of hydrogen-bond donors (Lipinski definition) is 1. The molecule has 0 aromatic heterocycles. The van der Waals surface area contributed by atoms with Crippen molar-refractivity contribution in [1.29, 1.82) is 0 Å². The van der Waals surface area contributed by atoms with E-state index in [0.29, 0.717) is 12.0 Å². The average Bonchev–Trinajstić information content (AvgIpc) is 2.19. The predicted octanol–water partition coefficient (Wildman–Crippen LogP) is 1.16. The van der Waals surface area contributed by atoms with Crippen LogP contribution in [0.2, 0.25) is 0 Å². The van der Waals surface area contributed by atoms with Crippen LogP contribution in [0, 0.1) is 5.92 Å². The van der Waals surface area contributed by atoms with E-state index in [-0.39, 0.29) is 6.09 Å². The number of piperidine rings is 3. The van der Waals surface area contributed by atoms with Crippen LogP contribution in [0.3, 0.4) is 0 Å². The van der Waals surface area contributed by atoms with Gasteiger partial charge in [0.1, 0.15) is 0 Å². The summed E-state index contributed by atoms with van der Waals surface area (Å²) in [6.45, 7) is 3.39. The average molecular weight is 296 g/mol. The minimum Gasteiger partial charge on any atom is -0.378 e. The molecule has 0 spiro atoms. The molecule has 3 aliphatic heterocycles. The second-order valence-corrected chi connectivity index (χ2v) is 4.19. The van der Waals surface area contributed by atoms with Crippen LogP contribution in [-0.2, 0) is 3.07 Å². The molecule has 1 amide bonds. The van der Waals surface area contributed by atoms with Crippen molar-refractivity contribution in [3.05, 3.63) is 0 Å². The zero-order chi connectivity index (χ0) is 9.26. The van der Waals surface area contributed by atoms with Gasteiger partial charge in [-0.2, -0.15) is 0 Å². The molecule has 3 rings (SSSR count). The van der Waals surface area contributed by atoms with E-state index in [1.165, 1.54) is 25.9 Å². The van der Waals surface area contributed by atoms with Gasteiger partial charge in [-0.25, -0.2) is 4.79 Å². The molecule has 3 fully saturated rings. The van der Waals surface area contributed by atoms with Crippen LogP contribution in [0.5, 0.6) is 0 Å². The number of amides is 1. The molecule has 0 aromatic carbocycles. The molecule has 1 N–H and O–H groups in total. The molecule has 3 heterocycles. The van der Waals surface area contributed by atoms with Crippen molar-refractivity contribution < 1.29 is 7.86 Å². The summed E-state index contributed by atoms with van der Waals surface area (Å²) in [4.78, 5) is 13.4. The zero-order valence-corrected chi connectivity index (χ0v) is 9.49. The Balaban J connectivity index is 1.90. The van der Waals surface area contributed by atoms with Crippen molar-refractivity contribution >= 4 is 29.1 Å². The monoisotopic (exact) mass is 296 g/mol. The van der Waals surface area contributed by atoms with E-state index in [9.17, 15) is 4.79 Å². The highest BCUT2D eigenvalue weighted by molar-refractivity contribution is 14.1. The Morgan fingerprint density at radius 1 is 1.46 bits per heavy atom. The number of nitrogens with zero attached hydrogens (tertiary/aromatic N) is 1. The molecule has 2 bridgehead atoms. The molecule has 74 valence electrons. The number of rotatable bonds is 1. The van der Waals surface area contributed by atoms with Crippen molar-refractivity contribution in [3.8, 4) is 0 Å². The Morgan fingerprint density at radius 3 is 2.62 bits per heavy atom. The molecule has 5 heteroatoms. The van der Waals surface area contributed by atoms with E-state index in [0.717, 1.165) is 6.54 Å². The highest BCUT2D eigenvalue weighted by Gasteiger charge is 2.34. The van der Waals surface area contributed by atoms with Crippen LogP contribution in [0.4, 0.5) is 4.79 Å². The second kappa shape index (κ2) is 4.00. The maximum Gasteiger partial charge on any atom is 0.416 e. The van der Waals surface area contributed by atoms with Crippen LogP contribution < -0.4 is 5.32 Å². The normalized spacial score (nSPS) is 37.2. The second-order valence-electron chi connectivity index (χ2n) is 3.75. The molecule has 0 radical (unpaired) electrons. The number of hydrogen-bond acceptors (Lipinski definition) is 3. The van der Waals surface area contributed by atoms with Gasteiger partial charge in [0, 0.05) is 12.6 Å². The predicted molar refractivity (Wildman–Crippen MR) is 56.6 cm³/mol. The summed E-state index contributed by atoms with van der Waals surface area (Å²) in [5.74, 6) is 0.667. The van der Waals surface area contributed by atoms with Gasteiger partial charge in [-0.1, -0.05) is 0 Å². The number of nitrogens with one attached hydrogen (secondary N) is 1. The first-order valence-corrected chi connectivity index (χ1v) is 5.49. The van der Waals surface area contributed by atoms with E-state index in [1.807, 2.05) is 0 Å². The molecule has 3 saturated heterocycles. The fraction of sp³-hybridized carbons (Fsp3) is 0.875. The quantitative estimate of drug-likeness (QED) is 0.738. The van der Waals surface area contributed by atoms with Gasteiger partial charge in [0.2, 0.25) is 0 Å². The molecule has 0 aromatic rings. The van der Waals surface area contributed by atoms with Gasteiger partial charge >= 0.3 is 6.09 Å². The Bertz CT molecular complexity index is 204. The molecule has 0 saturated carbocycles. The smallest absolute Gasteiger partial charge is 0.378 e. The van der Waals surface area contributed by atoms with Crippen molar-refractivity contribution in [2.45, 2.75) is 18.9 Å². The lowest BCUT2D eigenvalue weighted by Gasteiger charge is -2.44. The highest BCUT2D eigenvalue weighted by Crippen LogP contribution is 2.27. The number of halogens is 1.